The van der Waals surface area contributed by atoms with Gasteiger partial charge in [0.05, 0.1) is 5.02 Å². The molecule has 3 aromatic rings. The fourth-order valence-corrected chi connectivity index (χ4v) is 4.66. The summed E-state index contributed by atoms with van der Waals surface area (Å²) in [6, 6.07) is 19.7. The number of aromatic nitrogens is 1. The average Bonchev–Trinajstić information content (AvgIpc) is 3.10. The van der Waals surface area contributed by atoms with E-state index in [1.807, 2.05) is 60.7 Å². The molecule has 0 saturated heterocycles. The lowest BCUT2D eigenvalue weighted by Gasteiger charge is -2.40. The Labute approximate surface area is 170 Å². The lowest BCUT2D eigenvalue weighted by Crippen LogP contribution is -2.48. The predicted octanol–water partition coefficient (Wildman–Crippen LogP) is 5.33. The summed E-state index contributed by atoms with van der Waals surface area (Å²) in [5.41, 5.74) is -0.00626. The summed E-state index contributed by atoms with van der Waals surface area (Å²) in [7, 11) is 0. The lowest BCUT2D eigenvalue weighted by molar-refractivity contribution is -0.0875. The second-order valence-corrected chi connectivity index (χ2v) is 8.21. The molecule has 3 unspecified atom stereocenters. The van der Waals surface area contributed by atoms with Gasteiger partial charge >= 0.3 is 0 Å². The lowest BCUT2D eigenvalue weighted by atomic mass is 9.72. The number of hydrogen-bond acceptors (Lipinski definition) is 3. The fraction of sp³-hybridized carbons (Fsp3) is 0.136. The van der Waals surface area contributed by atoms with Crippen molar-refractivity contribution >= 4 is 27.5 Å². The number of aliphatic hydroxyl groups is 1. The van der Waals surface area contributed by atoms with Crippen molar-refractivity contribution in [2.75, 3.05) is 0 Å². The second kappa shape index (κ2) is 5.93. The zero-order valence-corrected chi connectivity index (χ0v) is 16.5. The molecule has 0 bridgehead atoms. The van der Waals surface area contributed by atoms with E-state index in [9.17, 15) is 5.11 Å². The molecule has 2 heterocycles. The van der Waals surface area contributed by atoms with Crippen molar-refractivity contribution in [2.45, 2.75) is 17.1 Å². The first-order chi connectivity index (χ1) is 13.0. The zero-order valence-electron chi connectivity index (χ0n) is 14.1. The normalized spacial score (nSPS) is 27.9. The SMILES string of the molecule is OC12C=CC(c3ccccc3)C1(c1ccc(Br)cc1)Oc1cc(Cl)cnc12. The van der Waals surface area contributed by atoms with Gasteiger partial charge in [0.1, 0.15) is 11.4 Å². The largest absolute Gasteiger partial charge is 0.476 e. The maximum Gasteiger partial charge on any atom is 0.182 e. The molecular weight excluding hydrogens is 426 g/mol. The molecule has 1 N–H and O–H groups in total. The number of hydrogen-bond donors (Lipinski definition) is 1. The molecular formula is C22H15BrClNO2. The summed E-state index contributed by atoms with van der Waals surface area (Å²) in [6.07, 6.45) is 5.36. The molecule has 134 valence electrons. The van der Waals surface area contributed by atoms with Gasteiger partial charge in [-0.1, -0.05) is 76.1 Å². The molecule has 2 aliphatic rings. The molecule has 2 aromatic carbocycles. The van der Waals surface area contributed by atoms with Crippen LogP contribution in [0.3, 0.4) is 0 Å². The van der Waals surface area contributed by atoms with Crippen molar-refractivity contribution in [3.05, 3.63) is 105 Å². The van der Waals surface area contributed by atoms with E-state index < -0.39 is 11.2 Å². The van der Waals surface area contributed by atoms with Gasteiger partial charge in [-0.05, 0) is 23.8 Å². The van der Waals surface area contributed by atoms with Crippen molar-refractivity contribution in [1.29, 1.82) is 0 Å². The van der Waals surface area contributed by atoms with Crippen LogP contribution in [0.15, 0.2) is 83.5 Å². The van der Waals surface area contributed by atoms with Crippen LogP contribution in [0, 0.1) is 0 Å². The van der Waals surface area contributed by atoms with Gasteiger partial charge in [0.15, 0.2) is 11.2 Å². The molecule has 1 aliphatic heterocycles. The third-order valence-electron chi connectivity index (χ3n) is 5.42. The maximum absolute atomic E-state index is 11.8. The standard InChI is InChI=1S/C22H15BrClNO2/c23-16-8-6-15(7-9-16)22-18(14-4-2-1-3-5-14)10-11-21(22,26)20-19(27-22)12-17(24)13-25-20/h1-13,18,26H. The van der Waals surface area contributed by atoms with Crippen LogP contribution in [-0.2, 0) is 11.2 Å². The molecule has 5 rings (SSSR count). The summed E-state index contributed by atoms with van der Waals surface area (Å²) in [6.45, 7) is 0. The molecule has 0 amide bonds. The van der Waals surface area contributed by atoms with E-state index in [4.69, 9.17) is 16.3 Å². The topological polar surface area (TPSA) is 42.4 Å². The Bertz CT molecular complexity index is 1050. The second-order valence-electron chi connectivity index (χ2n) is 6.86. The third kappa shape index (κ3) is 2.27. The summed E-state index contributed by atoms with van der Waals surface area (Å²) in [4.78, 5) is 4.42. The van der Waals surface area contributed by atoms with Crippen LogP contribution in [0.25, 0.3) is 0 Å². The van der Waals surface area contributed by atoms with Crippen LogP contribution in [0.1, 0.15) is 22.7 Å². The van der Waals surface area contributed by atoms with Gasteiger partial charge in [-0.3, -0.25) is 4.98 Å². The van der Waals surface area contributed by atoms with Crippen LogP contribution in [-0.4, -0.2) is 10.1 Å². The molecule has 5 heteroatoms. The van der Waals surface area contributed by atoms with E-state index in [1.54, 1.807) is 18.3 Å². The Morgan fingerprint density at radius 3 is 2.56 bits per heavy atom. The van der Waals surface area contributed by atoms with E-state index in [1.165, 1.54) is 0 Å². The van der Waals surface area contributed by atoms with E-state index >= 15 is 0 Å². The Balaban J connectivity index is 1.78. The van der Waals surface area contributed by atoms with Crippen molar-refractivity contribution in [2.24, 2.45) is 0 Å². The van der Waals surface area contributed by atoms with Crippen molar-refractivity contribution in [3.63, 3.8) is 0 Å². The number of rotatable bonds is 2. The number of ether oxygens (including phenoxy) is 1. The van der Waals surface area contributed by atoms with Crippen molar-refractivity contribution in [1.82, 2.24) is 4.98 Å². The minimum Gasteiger partial charge on any atom is -0.476 e. The number of halogens is 2. The number of nitrogens with zero attached hydrogens (tertiary/aromatic N) is 1. The first kappa shape index (κ1) is 17.0. The van der Waals surface area contributed by atoms with Gasteiger partial charge in [0.2, 0.25) is 0 Å². The van der Waals surface area contributed by atoms with Gasteiger partial charge in [0.25, 0.3) is 0 Å². The first-order valence-electron chi connectivity index (χ1n) is 8.62. The van der Waals surface area contributed by atoms with Gasteiger partial charge in [-0.25, -0.2) is 0 Å². The highest BCUT2D eigenvalue weighted by Crippen LogP contribution is 2.63. The number of pyridine rings is 1. The quantitative estimate of drug-likeness (QED) is 0.548. The van der Waals surface area contributed by atoms with Crippen LogP contribution in [0.4, 0.5) is 0 Å². The van der Waals surface area contributed by atoms with Crippen molar-refractivity contribution < 1.29 is 9.84 Å². The van der Waals surface area contributed by atoms with Gasteiger partial charge in [-0.15, -0.1) is 0 Å². The smallest absolute Gasteiger partial charge is 0.182 e. The van der Waals surface area contributed by atoms with Crippen LogP contribution in [0.2, 0.25) is 5.02 Å². The van der Waals surface area contributed by atoms with Gasteiger partial charge in [0, 0.05) is 28.2 Å². The van der Waals surface area contributed by atoms with E-state index in [0.29, 0.717) is 16.5 Å². The number of benzene rings is 2. The van der Waals surface area contributed by atoms with Gasteiger partial charge < -0.3 is 9.84 Å². The van der Waals surface area contributed by atoms with Crippen LogP contribution in [0.5, 0.6) is 5.75 Å². The molecule has 27 heavy (non-hydrogen) atoms. The molecule has 0 saturated carbocycles. The minimum atomic E-state index is -1.39. The van der Waals surface area contributed by atoms with Gasteiger partial charge in [-0.2, -0.15) is 0 Å². The molecule has 1 aromatic heterocycles. The minimum absolute atomic E-state index is 0.183. The fourth-order valence-electron chi connectivity index (χ4n) is 4.25. The maximum atomic E-state index is 11.8. The molecule has 3 nitrogen and oxygen atoms in total. The van der Waals surface area contributed by atoms with E-state index in [0.717, 1.165) is 15.6 Å². The molecule has 0 spiro atoms. The molecule has 0 radical (unpaired) electrons. The first-order valence-corrected chi connectivity index (χ1v) is 9.79. The monoisotopic (exact) mass is 439 g/mol. The zero-order chi connectivity index (χ0) is 18.6. The predicted molar refractivity (Wildman–Crippen MR) is 108 cm³/mol. The summed E-state index contributed by atoms with van der Waals surface area (Å²) in [5.74, 6) is 0.330. The molecule has 0 fully saturated rings. The average molecular weight is 441 g/mol. The Kier molecular flexibility index (Phi) is 3.73. The van der Waals surface area contributed by atoms with Crippen LogP contribution >= 0.6 is 27.5 Å². The molecule has 1 aliphatic carbocycles. The van der Waals surface area contributed by atoms with Crippen LogP contribution < -0.4 is 4.74 Å². The summed E-state index contributed by atoms with van der Waals surface area (Å²) >= 11 is 9.63. The highest BCUT2D eigenvalue weighted by Gasteiger charge is 2.67. The van der Waals surface area contributed by atoms with E-state index in [-0.39, 0.29) is 5.92 Å². The Morgan fingerprint density at radius 1 is 1.07 bits per heavy atom. The highest BCUT2D eigenvalue weighted by atomic mass is 79.9. The Morgan fingerprint density at radius 2 is 1.81 bits per heavy atom. The summed E-state index contributed by atoms with van der Waals surface area (Å²) in [5, 5.41) is 12.3. The number of fused-ring (bicyclic) bond motifs is 3. The third-order valence-corrected chi connectivity index (χ3v) is 6.15. The summed E-state index contributed by atoms with van der Waals surface area (Å²) < 4.78 is 7.48. The highest BCUT2D eigenvalue weighted by molar-refractivity contribution is 9.10. The molecule has 3 atom stereocenters. The van der Waals surface area contributed by atoms with E-state index in [2.05, 4.69) is 20.9 Å². The van der Waals surface area contributed by atoms with Crippen molar-refractivity contribution in [3.8, 4) is 5.75 Å². The Hall–Kier alpha value is -2.14.